The Hall–Kier alpha value is -0.900. The first-order valence-corrected chi connectivity index (χ1v) is 4.91. The van der Waals surface area contributed by atoms with Gasteiger partial charge < -0.3 is 15.5 Å². The summed E-state index contributed by atoms with van der Waals surface area (Å²) < 4.78 is 0. The number of aliphatic hydroxyl groups is 2. The molecule has 3 nitrogen and oxygen atoms in total. The van der Waals surface area contributed by atoms with Crippen LogP contribution in [-0.2, 0) is 6.42 Å². The van der Waals surface area contributed by atoms with Crippen molar-refractivity contribution in [3.8, 4) is 0 Å². The van der Waals surface area contributed by atoms with Crippen LogP contribution in [0.5, 0.6) is 0 Å². The molecule has 3 unspecified atom stereocenters. The first-order valence-electron chi connectivity index (χ1n) is 4.91. The van der Waals surface area contributed by atoms with E-state index in [4.69, 9.17) is 0 Å². The standard InChI is InChI=1S/C11H15NO2/c13-10-7-12-9(11(10)14)6-8-4-2-1-3-5-8/h1-5,9-14H,6-7H2. The van der Waals surface area contributed by atoms with E-state index in [9.17, 15) is 10.2 Å². The Balaban J connectivity index is 1.99. The van der Waals surface area contributed by atoms with Crippen molar-refractivity contribution in [2.24, 2.45) is 0 Å². The van der Waals surface area contributed by atoms with Gasteiger partial charge in [0.15, 0.2) is 0 Å². The van der Waals surface area contributed by atoms with Gasteiger partial charge in [-0.15, -0.1) is 0 Å². The van der Waals surface area contributed by atoms with Crippen molar-refractivity contribution in [3.05, 3.63) is 35.9 Å². The molecule has 0 amide bonds. The first-order chi connectivity index (χ1) is 6.77. The minimum absolute atomic E-state index is 0.0209. The molecule has 1 saturated heterocycles. The minimum atomic E-state index is -0.643. The van der Waals surface area contributed by atoms with Crippen LogP contribution >= 0.6 is 0 Å². The quantitative estimate of drug-likeness (QED) is 0.616. The van der Waals surface area contributed by atoms with Crippen molar-refractivity contribution < 1.29 is 10.2 Å². The molecule has 1 heterocycles. The fraction of sp³-hybridized carbons (Fsp3) is 0.455. The minimum Gasteiger partial charge on any atom is -0.389 e. The maximum absolute atomic E-state index is 9.61. The molecular weight excluding hydrogens is 178 g/mol. The summed E-state index contributed by atoms with van der Waals surface area (Å²) in [6.45, 7) is 0.485. The number of rotatable bonds is 2. The summed E-state index contributed by atoms with van der Waals surface area (Å²) in [6.07, 6.45) is -0.502. The van der Waals surface area contributed by atoms with E-state index in [-0.39, 0.29) is 6.04 Å². The molecular formula is C11H15NO2. The van der Waals surface area contributed by atoms with E-state index >= 15 is 0 Å². The highest BCUT2D eigenvalue weighted by Crippen LogP contribution is 2.13. The monoisotopic (exact) mass is 193 g/mol. The summed E-state index contributed by atoms with van der Waals surface area (Å²) >= 11 is 0. The SMILES string of the molecule is OC1CNC(Cc2ccccc2)C1O. The molecule has 0 spiro atoms. The Labute approximate surface area is 83.4 Å². The van der Waals surface area contributed by atoms with Crippen LogP contribution in [-0.4, -0.2) is 35.0 Å². The van der Waals surface area contributed by atoms with Crippen molar-refractivity contribution in [2.45, 2.75) is 24.7 Å². The third kappa shape index (κ3) is 1.95. The Kier molecular flexibility index (Phi) is 2.82. The number of aliphatic hydroxyl groups excluding tert-OH is 2. The lowest BCUT2D eigenvalue weighted by Crippen LogP contribution is -2.34. The summed E-state index contributed by atoms with van der Waals surface area (Å²) in [5, 5.41) is 22.0. The molecule has 0 radical (unpaired) electrons. The molecule has 0 aromatic heterocycles. The van der Waals surface area contributed by atoms with E-state index in [2.05, 4.69) is 5.32 Å². The van der Waals surface area contributed by atoms with E-state index in [1.165, 1.54) is 5.56 Å². The average molecular weight is 193 g/mol. The van der Waals surface area contributed by atoms with Crippen molar-refractivity contribution in [2.75, 3.05) is 6.54 Å². The molecule has 3 N–H and O–H groups in total. The van der Waals surface area contributed by atoms with Crippen LogP contribution in [0.3, 0.4) is 0 Å². The summed E-state index contributed by atoms with van der Waals surface area (Å²) in [5.74, 6) is 0. The van der Waals surface area contributed by atoms with Gasteiger partial charge in [0.1, 0.15) is 0 Å². The Morgan fingerprint density at radius 3 is 2.50 bits per heavy atom. The van der Waals surface area contributed by atoms with Crippen LogP contribution in [0.15, 0.2) is 30.3 Å². The second-order valence-corrected chi connectivity index (χ2v) is 3.76. The van der Waals surface area contributed by atoms with Gasteiger partial charge in [-0.2, -0.15) is 0 Å². The normalized spacial score (nSPS) is 32.0. The molecule has 3 atom stereocenters. The molecule has 1 aromatic rings. The number of β-amino-alcohol motifs (C(OH)–C–C–N with tert-alkyl or cyclic N) is 1. The van der Waals surface area contributed by atoms with Gasteiger partial charge in [-0.3, -0.25) is 0 Å². The Morgan fingerprint density at radius 2 is 1.93 bits per heavy atom. The van der Waals surface area contributed by atoms with Crippen LogP contribution in [0.1, 0.15) is 5.56 Å². The second kappa shape index (κ2) is 4.09. The molecule has 2 rings (SSSR count). The molecule has 1 aliphatic rings. The Bertz CT molecular complexity index is 289. The lowest BCUT2D eigenvalue weighted by molar-refractivity contribution is 0.0408. The molecule has 1 fully saturated rings. The summed E-state index contributed by atoms with van der Waals surface area (Å²) in [4.78, 5) is 0. The van der Waals surface area contributed by atoms with Crippen molar-refractivity contribution in [1.29, 1.82) is 0 Å². The molecule has 0 bridgehead atoms. The summed E-state index contributed by atoms with van der Waals surface area (Å²) in [6, 6.07) is 9.96. The van der Waals surface area contributed by atoms with Crippen LogP contribution in [0.2, 0.25) is 0 Å². The molecule has 0 aliphatic carbocycles. The fourth-order valence-corrected chi connectivity index (χ4v) is 1.84. The van der Waals surface area contributed by atoms with E-state index in [1.807, 2.05) is 30.3 Å². The van der Waals surface area contributed by atoms with Gasteiger partial charge in [0.25, 0.3) is 0 Å². The molecule has 14 heavy (non-hydrogen) atoms. The molecule has 1 aliphatic heterocycles. The van der Waals surface area contributed by atoms with Gasteiger partial charge in [-0.1, -0.05) is 30.3 Å². The van der Waals surface area contributed by atoms with Gasteiger partial charge >= 0.3 is 0 Å². The number of nitrogens with one attached hydrogen (secondary N) is 1. The highest BCUT2D eigenvalue weighted by Gasteiger charge is 2.32. The first kappa shape index (κ1) is 9.65. The lowest BCUT2D eigenvalue weighted by Gasteiger charge is -2.15. The zero-order valence-corrected chi connectivity index (χ0v) is 7.93. The van der Waals surface area contributed by atoms with Crippen molar-refractivity contribution >= 4 is 0 Å². The van der Waals surface area contributed by atoms with Crippen molar-refractivity contribution in [1.82, 2.24) is 5.32 Å². The summed E-state index contributed by atoms with van der Waals surface area (Å²) in [7, 11) is 0. The molecule has 76 valence electrons. The van der Waals surface area contributed by atoms with E-state index in [0.29, 0.717) is 6.54 Å². The second-order valence-electron chi connectivity index (χ2n) is 3.76. The topological polar surface area (TPSA) is 52.5 Å². The zero-order valence-electron chi connectivity index (χ0n) is 7.93. The van der Waals surface area contributed by atoms with Crippen LogP contribution in [0, 0.1) is 0 Å². The van der Waals surface area contributed by atoms with Gasteiger partial charge in [0, 0.05) is 12.6 Å². The smallest absolute Gasteiger partial charge is 0.0967 e. The van der Waals surface area contributed by atoms with Crippen LogP contribution in [0.4, 0.5) is 0 Å². The Morgan fingerprint density at radius 1 is 1.21 bits per heavy atom. The summed E-state index contributed by atoms with van der Waals surface area (Å²) in [5.41, 5.74) is 1.18. The molecule has 0 saturated carbocycles. The number of hydrogen-bond acceptors (Lipinski definition) is 3. The van der Waals surface area contributed by atoms with Gasteiger partial charge in [0.05, 0.1) is 12.2 Å². The van der Waals surface area contributed by atoms with Gasteiger partial charge in [-0.05, 0) is 12.0 Å². The van der Waals surface area contributed by atoms with Crippen LogP contribution < -0.4 is 5.32 Å². The largest absolute Gasteiger partial charge is 0.389 e. The van der Waals surface area contributed by atoms with Gasteiger partial charge in [0.2, 0.25) is 0 Å². The van der Waals surface area contributed by atoms with E-state index in [0.717, 1.165) is 6.42 Å². The highest BCUT2D eigenvalue weighted by molar-refractivity contribution is 5.17. The highest BCUT2D eigenvalue weighted by atomic mass is 16.3. The lowest BCUT2D eigenvalue weighted by atomic mass is 10.0. The number of benzene rings is 1. The zero-order chi connectivity index (χ0) is 9.97. The predicted octanol–water partition coefficient (Wildman–Crippen LogP) is -0.0773. The van der Waals surface area contributed by atoms with Crippen LogP contribution in [0.25, 0.3) is 0 Å². The fourth-order valence-electron chi connectivity index (χ4n) is 1.84. The van der Waals surface area contributed by atoms with Gasteiger partial charge in [-0.25, -0.2) is 0 Å². The van der Waals surface area contributed by atoms with E-state index < -0.39 is 12.2 Å². The van der Waals surface area contributed by atoms with E-state index in [1.54, 1.807) is 0 Å². The number of hydrogen-bond donors (Lipinski definition) is 3. The maximum atomic E-state index is 9.61. The predicted molar refractivity (Wildman–Crippen MR) is 54.0 cm³/mol. The molecule has 1 aromatic carbocycles. The van der Waals surface area contributed by atoms with Crippen molar-refractivity contribution in [3.63, 3.8) is 0 Å². The molecule has 3 heteroatoms. The third-order valence-corrected chi connectivity index (χ3v) is 2.69. The third-order valence-electron chi connectivity index (χ3n) is 2.69. The maximum Gasteiger partial charge on any atom is 0.0967 e. The average Bonchev–Trinajstić information content (AvgIpc) is 2.52.